The predicted octanol–water partition coefficient (Wildman–Crippen LogP) is 4.77. The lowest BCUT2D eigenvalue weighted by atomic mass is 9.92. The normalized spacial score (nSPS) is 14.1. The Kier molecular flexibility index (Phi) is 6.65. The monoisotopic (exact) mass is 468 g/mol. The van der Waals surface area contributed by atoms with Crippen molar-refractivity contribution in [3.05, 3.63) is 58.5 Å². The molecule has 174 valence electrons. The summed E-state index contributed by atoms with van der Waals surface area (Å²) >= 11 is 1.20. The number of amides is 2. The Hall–Kier alpha value is -3.00. The minimum atomic E-state index is -0.311. The van der Waals surface area contributed by atoms with Crippen LogP contribution in [-0.4, -0.2) is 58.6 Å². The highest BCUT2D eigenvalue weighted by Crippen LogP contribution is 2.39. The van der Waals surface area contributed by atoms with Gasteiger partial charge < -0.3 is 9.80 Å². The molecule has 6 nitrogen and oxygen atoms in total. The lowest BCUT2D eigenvalue weighted by molar-refractivity contribution is -0.131. The lowest BCUT2D eigenvalue weighted by Crippen LogP contribution is -2.36. The maximum atomic E-state index is 15.8. The second kappa shape index (κ2) is 9.47. The molecule has 0 atom stereocenters. The van der Waals surface area contributed by atoms with Gasteiger partial charge >= 0.3 is 0 Å². The molecule has 4 rings (SSSR count). The van der Waals surface area contributed by atoms with Crippen molar-refractivity contribution in [2.24, 2.45) is 0 Å². The van der Waals surface area contributed by atoms with E-state index in [1.54, 1.807) is 29.9 Å². The van der Waals surface area contributed by atoms with Gasteiger partial charge in [0, 0.05) is 58.1 Å². The summed E-state index contributed by atoms with van der Waals surface area (Å²) in [6.45, 7) is 5.68. The van der Waals surface area contributed by atoms with Crippen LogP contribution in [0.25, 0.3) is 15.7 Å². The Balaban J connectivity index is 1.64. The molecule has 0 N–H and O–H groups in total. The van der Waals surface area contributed by atoms with E-state index in [-0.39, 0.29) is 23.5 Å². The minimum Gasteiger partial charge on any atom is -0.344 e. The van der Waals surface area contributed by atoms with Crippen molar-refractivity contribution in [1.82, 2.24) is 19.6 Å². The zero-order valence-electron chi connectivity index (χ0n) is 19.5. The van der Waals surface area contributed by atoms with Gasteiger partial charge in [0.15, 0.2) is 0 Å². The first-order valence-corrected chi connectivity index (χ1v) is 12.0. The summed E-state index contributed by atoms with van der Waals surface area (Å²) in [5.41, 5.74) is 2.36. The van der Waals surface area contributed by atoms with Crippen LogP contribution in [0, 0.1) is 5.82 Å². The van der Waals surface area contributed by atoms with Crippen molar-refractivity contribution in [3.63, 3.8) is 0 Å². The highest BCUT2D eigenvalue weighted by molar-refractivity contribution is 7.20. The molecule has 1 aromatic carbocycles. The number of hydrogen-bond acceptors (Lipinski definition) is 4. The second-order valence-corrected chi connectivity index (χ2v) is 9.94. The van der Waals surface area contributed by atoms with Gasteiger partial charge in [0.05, 0.1) is 9.58 Å². The third-order valence-electron chi connectivity index (χ3n) is 5.98. The average Bonchev–Trinajstić information content (AvgIpc) is 3.47. The van der Waals surface area contributed by atoms with Crippen molar-refractivity contribution >= 4 is 38.8 Å². The summed E-state index contributed by atoms with van der Waals surface area (Å²) in [6.07, 6.45) is 6.61. The molecule has 3 aromatic rings. The average molecular weight is 469 g/mol. The smallest absolute Gasteiger partial charge is 0.263 e. The Bertz CT molecular complexity index is 1210. The van der Waals surface area contributed by atoms with Crippen molar-refractivity contribution in [2.75, 3.05) is 27.2 Å². The molecule has 0 saturated heterocycles. The first-order chi connectivity index (χ1) is 15.8. The molecule has 0 unspecified atom stereocenters. The van der Waals surface area contributed by atoms with E-state index in [9.17, 15) is 9.59 Å². The molecule has 2 aromatic heterocycles. The van der Waals surface area contributed by atoms with Gasteiger partial charge in [0.1, 0.15) is 5.82 Å². The zero-order valence-corrected chi connectivity index (χ0v) is 20.3. The van der Waals surface area contributed by atoms with Gasteiger partial charge in [0.25, 0.3) is 5.91 Å². The van der Waals surface area contributed by atoms with Crippen LogP contribution in [0.2, 0.25) is 0 Å². The highest BCUT2D eigenvalue weighted by Gasteiger charge is 2.25. The quantitative estimate of drug-likeness (QED) is 0.524. The van der Waals surface area contributed by atoms with Gasteiger partial charge in [-0.25, -0.2) is 4.39 Å². The molecular formula is C25H29FN4O2S. The van der Waals surface area contributed by atoms with Crippen molar-refractivity contribution in [2.45, 2.75) is 39.2 Å². The van der Waals surface area contributed by atoms with E-state index < -0.39 is 0 Å². The fourth-order valence-electron chi connectivity index (χ4n) is 4.18. The second-order valence-electron chi connectivity index (χ2n) is 8.89. The molecule has 0 aliphatic carbocycles. The molecular weight excluding hydrogens is 439 g/mol. The molecule has 8 heteroatoms. The van der Waals surface area contributed by atoms with E-state index in [0.717, 1.165) is 16.5 Å². The standard InChI is InChI=1S/C25H29FN4O2S/c1-16(2)18-13-19(23(26)24-20(18)14-21(33-24)25(32)28(3)4)17-7-5-10-29(15-17)22(31)8-12-30-11-6-9-27-30/h6-7,9,11,13-14,16H,5,8,10,12,15H2,1-4H3. The number of rotatable bonds is 6. The summed E-state index contributed by atoms with van der Waals surface area (Å²) in [4.78, 5) is 29.2. The number of carbonyl (C=O) groups is 2. The molecule has 1 aliphatic rings. The van der Waals surface area contributed by atoms with E-state index in [0.29, 0.717) is 47.6 Å². The maximum absolute atomic E-state index is 15.8. The fraction of sp³-hybridized carbons (Fsp3) is 0.400. The van der Waals surface area contributed by atoms with Crippen LogP contribution in [-0.2, 0) is 11.3 Å². The van der Waals surface area contributed by atoms with Crippen LogP contribution >= 0.6 is 11.3 Å². The largest absolute Gasteiger partial charge is 0.344 e. The van der Waals surface area contributed by atoms with Crippen LogP contribution in [0.5, 0.6) is 0 Å². The fourth-order valence-corrected chi connectivity index (χ4v) is 5.33. The number of thiophene rings is 1. The predicted molar refractivity (Wildman–Crippen MR) is 130 cm³/mol. The molecule has 3 heterocycles. The molecule has 1 aliphatic heterocycles. The lowest BCUT2D eigenvalue weighted by Gasteiger charge is -2.28. The molecule has 2 amide bonds. The van der Waals surface area contributed by atoms with Gasteiger partial charge in [-0.15, -0.1) is 11.3 Å². The van der Waals surface area contributed by atoms with E-state index in [1.807, 2.05) is 30.5 Å². The number of aromatic nitrogens is 2. The number of nitrogens with zero attached hydrogens (tertiary/aromatic N) is 4. The van der Waals surface area contributed by atoms with Gasteiger partial charge in [-0.1, -0.05) is 19.9 Å². The minimum absolute atomic E-state index is 0.0386. The van der Waals surface area contributed by atoms with Gasteiger partial charge in [-0.05, 0) is 47.1 Å². The van der Waals surface area contributed by atoms with Gasteiger partial charge in [0.2, 0.25) is 5.91 Å². The number of fused-ring (bicyclic) bond motifs is 1. The van der Waals surface area contributed by atoms with Crippen molar-refractivity contribution in [3.8, 4) is 0 Å². The van der Waals surface area contributed by atoms with Crippen LogP contribution in [0.3, 0.4) is 0 Å². The van der Waals surface area contributed by atoms with Crippen LogP contribution in [0.15, 0.2) is 36.7 Å². The number of hydrogen-bond donors (Lipinski definition) is 0. The number of aryl methyl sites for hydroxylation is 1. The van der Waals surface area contributed by atoms with Crippen molar-refractivity contribution < 1.29 is 14.0 Å². The molecule has 0 bridgehead atoms. The highest BCUT2D eigenvalue weighted by atomic mass is 32.1. The summed E-state index contributed by atoms with van der Waals surface area (Å²) in [5, 5.41) is 4.94. The van der Waals surface area contributed by atoms with E-state index in [4.69, 9.17) is 0 Å². The van der Waals surface area contributed by atoms with E-state index >= 15 is 4.39 Å². The third-order valence-corrected chi connectivity index (χ3v) is 7.10. The van der Waals surface area contributed by atoms with Crippen molar-refractivity contribution in [1.29, 1.82) is 0 Å². The molecule has 0 fully saturated rings. The van der Waals surface area contributed by atoms with E-state index in [1.165, 1.54) is 16.2 Å². The summed E-state index contributed by atoms with van der Waals surface area (Å²) in [6, 6.07) is 5.55. The topological polar surface area (TPSA) is 58.4 Å². The van der Waals surface area contributed by atoms with Crippen LogP contribution < -0.4 is 0 Å². The SMILES string of the molecule is CC(C)c1cc(C2=CCCN(C(=O)CCn3cccn3)C2)c(F)c2sc(C(=O)N(C)C)cc12. The van der Waals surface area contributed by atoms with Crippen LogP contribution in [0.1, 0.15) is 53.4 Å². The first-order valence-electron chi connectivity index (χ1n) is 11.2. The van der Waals surface area contributed by atoms with Gasteiger partial charge in [-0.2, -0.15) is 5.10 Å². The molecule has 0 saturated carbocycles. The number of benzene rings is 1. The Morgan fingerprint density at radius 3 is 2.73 bits per heavy atom. The molecule has 0 spiro atoms. The van der Waals surface area contributed by atoms with Crippen LogP contribution in [0.4, 0.5) is 4.39 Å². The summed E-state index contributed by atoms with van der Waals surface area (Å²) in [7, 11) is 3.39. The number of carbonyl (C=O) groups excluding carboxylic acids is 2. The molecule has 33 heavy (non-hydrogen) atoms. The summed E-state index contributed by atoms with van der Waals surface area (Å²) in [5.74, 6) is -0.233. The maximum Gasteiger partial charge on any atom is 0.263 e. The number of halogens is 1. The Morgan fingerprint density at radius 1 is 1.27 bits per heavy atom. The first kappa shape index (κ1) is 23.2. The summed E-state index contributed by atoms with van der Waals surface area (Å²) < 4.78 is 18.0. The molecule has 0 radical (unpaired) electrons. The van der Waals surface area contributed by atoms with E-state index in [2.05, 4.69) is 18.9 Å². The third kappa shape index (κ3) is 4.71. The Labute approximate surface area is 197 Å². The Morgan fingerprint density at radius 2 is 2.06 bits per heavy atom. The zero-order chi connectivity index (χ0) is 23.7. The van der Waals surface area contributed by atoms with Gasteiger partial charge in [-0.3, -0.25) is 14.3 Å².